The molecule has 0 amide bonds. The second-order valence-electron chi connectivity index (χ2n) is 3.05. The molecule has 3 rings (SSSR count). The van der Waals surface area contributed by atoms with Crippen LogP contribution in [0.2, 0.25) is 0 Å². The average Bonchev–Trinajstić information content (AvgIpc) is 2.85. The quantitative estimate of drug-likeness (QED) is 0.590. The number of aromatic nitrogens is 2. The summed E-state index contributed by atoms with van der Waals surface area (Å²) in [7, 11) is 0. The number of hydrogen-bond acceptors (Lipinski definition) is 2. The maximum atomic E-state index is 4.37. The maximum Gasteiger partial charge on any atom is 0.145 e. The lowest BCUT2D eigenvalue weighted by molar-refractivity contribution is 1.12. The summed E-state index contributed by atoms with van der Waals surface area (Å²) in [6.07, 6.45) is 3.88. The van der Waals surface area contributed by atoms with Crippen LogP contribution in [0.4, 0.5) is 0 Å². The van der Waals surface area contributed by atoms with Gasteiger partial charge in [0, 0.05) is 17.8 Å². The highest BCUT2D eigenvalue weighted by atomic mass is 32.1. The Morgan fingerprint density at radius 3 is 3.00 bits per heavy atom. The highest BCUT2D eigenvalue weighted by molar-refractivity contribution is 7.12. The first-order chi connectivity index (χ1) is 6.95. The van der Waals surface area contributed by atoms with Gasteiger partial charge in [0.15, 0.2) is 0 Å². The van der Waals surface area contributed by atoms with Crippen LogP contribution in [-0.2, 0) is 0 Å². The molecule has 3 heteroatoms. The fourth-order valence-electron chi connectivity index (χ4n) is 1.55. The summed E-state index contributed by atoms with van der Waals surface area (Å²) >= 11 is 1.72. The van der Waals surface area contributed by atoms with Crippen LogP contribution in [0.3, 0.4) is 0 Å². The van der Waals surface area contributed by atoms with Crippen molar-refractivity contribution in [3.8, 4) is 5.00 Å². The minimum atomic E-state index is 1.02. The molecule has 3 heterocycles. The SMILES string of the molecule is c1csc(-n2ccc3cccnc32)c1. The first-order valence-electron chi connectivity index (χ1n) is 4.41. The van der Waals surface area contributed by atoms with Gasteiger partial charge in [-0.15, -0.1) is 11.3 Å². The Bertz CT molecular complexity index is 551. The number of nitrogens with zero attached hydrogens (tertiary/aromatic N) is 2. The number of hydrogen-bond donors (Lipinski definition) is 0. The molecule has 0 fully saturated rings. The minimum absolute atomic E-state index is 1.02. The van der Waals surface area contributed by atoms with E-state index in [1.54, 1.807) is 11.3 Å². The average molecular weight is 200 g/mol. The summed E-state index contributed by atoms with van der Waals surface area (Å²) in [6.45, 7) is 0. The molecule has 0 aromatic carbocycles. The largest absolute Gasteiger partial charge is 0.292 e. The molecular formula is C11H8N2S. The van der Waals surface area contributed by atoms with E-state index in [2.05, 4.69) is 45.4 Å². The molecule has 0 radical (unpaired) electrons. The van der Waals surface area contributed by atoms with Gasteiger partial charge in [-0.05, 0) is 35.7 Å². The zero-order valence-corrected chi connectivity index (χ0v) is 8.24. The van der Waals surface area contributed by atoms with Crippen LogP contribution in [0, 0.1) is 0 Å². The lowest BCUT2D eigenvalue weighted by Crippen LogP contribution is -1.88. The summed E-state index contributed by atoms with van der Waals surface area (Å²) in [6, 6.07) is 10.3. The van der Waals surface area contributed by atoms with E-state index in [4.69, 9.17) is 0 Å². The molecule has 0 saturated carbocycles. The van der Waals surface area contributed by atoms with Gasteiger partial charge >= 0.3 is 0 Å². The van der Waals surface area contributed by atoms with Gasteiger partial charge in [-0.2, -0.15) is 0 Å². The number of rotatable bonds is 1. The van der Waals surface area contributed by atoms with Gasteiger partial charge in [-0.3, -0.25) is 4.57 Å². The highest BCUT2D eigenvalue weighted by Gasteiger charge is 2.03. The molecule has 0 atom stereocenters. The molecule has 0 aliphatic rings. The third kappa shape index (κ3) is 1.06. The molecule has 0 bridgehead atoms. The van der Waals surface area contributed by atoms with Gasteiger partial charge in [-0.1, -0.05) is 0 Å². The Morgan fingerprint density at radius 2 is 2.14 bits per heavy atom. The lowest BCUT2D eigenvalue weighted by atomic mass is 10.3. The van der Waals surface area contributed by atoms with Crippen molar-refractivity contribution in [2.75, 3.05) is 0 Å². The molecule has 0 N–H and O–H groups in total. The van der Waals surface area contributed by atoms with E-state index < -0.39 is 0 Å². The van der Waals surface area contributed by atoms with Crippen LogP contribution >= 0.6 is 11.3 Å². The zero-order valence-electron chi connectivity index (χ0n) is 7.42. The third-order valence-corrected chi connectivity index (χ3v) is 3.06. The zero-order chi connectivity index (χ0) is 9.38. The monoisotopic (exact) mass is 200 g/mol. The van der Waals surface area contributed by atoms with E-state index in [1.165, 1.54) is 10.4 Å². The molecule has 0 saturated heterocycles. The van der Waals surface area contributed by atoms with E-state index in [1.807, 2.05) is 12.3 Å². The van der Waals surface area contributed by atoms with E-state index in [0.717, 1.165) is 5.65 Å². The number of pyridine rings is 1. The van der Waals surface area contributed by atoms with Crippen molar-refractivity contribution >= 4 is 22.4 Å². The Hall–Kier alpha value is -1.61. The third-order valence-electron chi connectivity index (χ3n) is 2.19. The molecule has 2 nitrogen and oxygen atoms in total. The van der Waals surface area contributed by atoms with Crippen molar-refractivity contribution in [2.24, 2.45) is 0 Å². The molecule has 0 aliphatic carbocycles. The Kier molecular flexibility index (Phi) is 1.64. The molecular weight excluding hydrogens is 192 g/mol. The first kappa shape index (κ1) is 7.76. The van der Waals surface area contributed by atoms with Crippen molar-refractivity contribution in [3.05, 3.63) is 48.1 Å². The van der Waals surface area contributed by atoms with Gasteiger partial charge in [0.25, 0.3) is 0 Å². The van der Waals surface area contributed by atoms with Gasteiger partial charge in [-0.25, -0.2) is 4.98 Å². The van der Waals surface area contributed by atoms with Crippen LogP contribution in [0.1, 0.15) is 0 Å². The van der Waals surface area contributed by atoms with E-state index in [-0.39, 0.29) is 0 Å². The van der Waals surface area contributed by atoms with Crippen molar-refractivity contribution in [2.45, 2.75) is 0 Å². The standard InChI is InChI=1S/C11H8N2S/c1-3-9-5-7-13(11(9)12-6-1)10-4-2-8-14-10/h1-8H. The van der Waals surface area contributed by atoms with Crippen molar-refractivity contribution < 1.29 is 0 Å². The molecule has 14 heavy (non-hydrogen) atoms. The molecule has 3 aromatic rings. The van der Waals surface area contributed by atoms with E-state index >= 15 is 0 Å². The summed E-state index contributed by atoms with van der Waals surface area (Å²) in [5, 5.41) is 4.46. The molecule has 0 unspecified atom stereocenters. The predicted molar refractivity (Wildman–Crippen MR) is 58.9 cm³/mol. The smallest absolute Gasteiger partial charge is 0.145 e. The first-order valence-corrected chi connectivity index (χ1v) is 5.29. The predicted octanol–water partition coefficient (Wildman–Crippen LogP) is 3.09. The second-order valence-corrected chi connectivity index (χ2v) is 3.98. The fraction of sp³-hybridized carbons (Fsp3) is 0. The van der Waals surface area contributed by atoms with Crippen LogP contribution in [0.15, 0.2) is 48.1 Å². The molecule has 3 aromatic heterocycles. The number of fused-ring (bicyclic) bond motifs is 1. The van der Waals surface area contributed by atoms with Crippen LogP contribution in [-0.4, -0.2) is 9.55 Å². The number of thiophene rings is 1. The fourth-order valence-corrected chi connectivity index (χ4v) is 2.27. The van der Waals surface area contributed by atoms with Crippen LogP contribution < -0.4 is 0 Å². The van der Waals surface area contributed by atoms with Gasteiger partial charge < -0.3 is 0 Å². The summed E-state index contributed by atoms with van der Waals surface area (Å²) in [5.74, 6) is 0. The summed E-state index contributed by atoms with van der Waals surface area (Å²) in [5.41, 5.74) is 1.02. The van der Waals surface area contributed by atoms with Crippen molar-refractivity contribution in [1.29, 1.82) is 0 Å². The van der Waals surface area contributed by atoms with Crippen molar-refractivity contribution in [1.82, 2.24) is 9.55 Å². The minimum Gasteiger partial charge on any atom is -0.292 e. The maximum absolute atomic E-state index is 4.37. The molecule has 0 spiro atoms. The summed E-state index contributed by atoms with van der Waals surface area (Å²) in [4.78, 5) is 4.37. The summed E-state index contributed by atoms with van der Waals surface area (Å²) < 4.78 is 2.11. The lowest BCUT2D eigenvalue weighted by Gasteiger charge is -1.98. The Morgan fingerprint density at radius 1 is 1.14 bits per heavy atom. The van der Waals surface area contributed by atoms with Crippen molar-refractivity contribution in [3.63, 3.8) is 0 Å². The van der Waals surface area contributed by atoms with Crippen LogP contribution in [0.5, 0.6) is 0 Å². The normalized spacial score (nSPS) is 10.9. The highest BCUT2D eigenvalue weighted by Crippen LogP contribution is 2.21. The Balaban J connectivity index is 2.33. The second kappa shape index (κ2) is 2.96. The van der Waals surface area contributed by atoms with Gasteiger partial charge in [0.05, 0.1) is 0 Å². The Labute approximate surface area is 85.4 Å². The van der Waals surface area contributed by atoms with E-state index in [0.29, 0.717) is 0 Å². The van der Waals surface area contributed by atoms with Gasteiger partial charge in [0.1, 0.15) is 10.6 Å². The molecule has 68 valence electrons. The molecule has 0 aliphatic heterocycles. The van der Waals surface area contributed by atoms with E-state index in [9.17, 15) is 0 Å². The van der Waals surface area contributed by atoms with Gasteiger partial charge in [0.2, 0.25) is 0 Å². The topological polar surface area (TPSA) is 17.8 Å². The van der Waals surface area contributed by atoms with Crippen LogP contribution in [0.25, 0.3) is 16.0 Å².